The third-order valence-corrected chi connectivity index (χ3v) is 4.39. The molecule has 3 rings (SSSR count). The number of para-hydroxylation sites is 1. The number of carboxylic acids is 2. The molecule has 1 fully saturated rings. The highest BCUT2D eigenvalue weighted by atomic mass is 16.4. The first-order valence-corrected chi connectivity index (χ1v) is 9.26. The summed E-state index contributed by atoms with van der Waals surface area (Å²) >= 11 is 0. The van der Waals surface area contributed by atoms with Crippen LogP contribution >= 0.6 is 0 Å². The summed E-state index contributed by atoms with van der Waals surface area (Å²) in [4.78, 5) is 21.6. The topological polar surface area (TPSA) is 89.9 Å². The molecule has 1 atom stereocenters. The Morgan fingerprint density at radius 3 is 2.11 bits per heavy atom. The lowest BCUT2D eigenvalue weighted by atomic mass is 10.2. The average Bonchev–Trinajstić information content (AvgIpc) is 3.17. The minimum absolute atomic E-state index is 0.558. The van der Waals surface area contributed by atoms with Crippen LogP contribution in [0.2, 0.25) is 0 Å². The van der Waals surface area contributed by atoms with E-state index in [1.807, 2.05) is 0 Å². The molecular formula is C22H26N2O4. The number of nitrogens with zero attached hydrogens (tertiary/aromatic N) is 1. The van der Waals surface area contributed by atoms with Crippen LogP contribution in [0.3, 0.4) is 0 Å². The van der Waals surface area contributed by atoms with Gasteiger partial charge in [-0.25, -0.2) is 9.59 Å². The molecule has 0 aromatic heterocycles. The zero-order chi connectivity index (χ0) is 20.2. The molecule has 0 amide bonds. The Morgan fingerprint density at radius 1 is 0.964 bits per heavy atom. The minimum Gasteiger partial charge on any atom is -0.478 e. The van der Waals surface area contributed by atoms with Gasteiger partial charge in [0, 0.05) is 43.5 Å². The van der Waals surface area contributed by atoms with Gasteiger partial charge in [-0.2, -0.15) is 0 Å². The fourth-order valence-electron chi connectivity index (χ4n) is 3.13. The molecule has 2 aromatic carbocycles. The first-order chi connectivity index (χ1) is 13.6. The predicted octanol–water partition coefficient (Wildman–Crippen LogP) is 3.16. The monoisotopic (exact) mass is 382 g/mol. The van der Waals surface area contributed by atoms with Gasteiger partial charge >= 0.3 is 11.9 Å². The number of hydrogen-bond acceptors (Lipinski definition) is 4. The van der Waals surface area contributed by atoms with Crippen LogP contribution in [0.1, 0.15) is 18.4 Å². The quantitative estimate of drug-likeness (QED) is 0.638. The van der Waals surface area contributed by atoms with E-state index in [-0.39, 0.29) is 0 Å². The Morgan fingerprint density at radius 2 is 1.54 bits per heavy atom. The number of hydrogen-bond donors (Lipinski definition) is 3. The molecule has 6 nitrogen and oxygen atoms in total. The van der Waals surface area contributed by atoms with E-state index in [1.54, 1.807) is 0 Å². The second-order valence-electron chi connectivity index (χ2n) is 6.45. The fraction of sp³-hybridized carbons (Fsp3) is 0.273. The number of rotatable bonds is 7. The van der Waals surface area contributed by atoms with Gasteiger partial charge in [0.1, 0.15) is 0 Å². The lowest BCUT2D eigenvalue weighted by molar-refractivity contribution is -0.134. The third-order valence-electron chi connectivity index (χ3n) is 4.39. The van der Waals surface area contributed by atoms with Gasteiger partial charge in [0.15, 0.2) is 0 Å². The van der Waals surface area contributed by atoms with Gasteiger partial charge in [-0.05, 0) is 30.5 Å². The Hall–Kier alpha value is -3.12. The van der Waals surface area contributed by atoms with Crippen molar-refractivity contribution in [3.63, 3.8) is 0 Å². The molecular weight excluding hydrogens is 356 g/mol. The summed E-state index contributed by atoms with van der Waals surface area (Å²) in [5.74, 6) is -2.51. The van der Waals surface area contributed by atoms with Crippen LogP contribution in [0.4, 0.5) is 5.69 Å². The van der Waals surface area contributed by atoms with E-state index in [2.05, 4.69) is 70.9 Å². The number of carbonyl (C=O) groups is 2. The van der Waals surface area contributed by atoms with Crippen LogP contribution in [0.15, 0.2) is 72.8 Å². The third kappa shape index (κ3) is 7.63. The highest BCUT2D eigenvalue weighted by Crippen LogP contribution is 2.24. The van der Waals surface area contributed by atoms with Crippen LogP contribution < -0.4 is 10.2 Å². The molecule has 1 saturated heterocycles. The molecule has 2 aromatic rings. The summed E-state index contributed by atoms with van der Waals surface area (Å²) in [7, 11) is 0. The van der Waals surface area contributed by atoms with E-state index >= 15 is 0 Å². The Kier molecular flexibility index (Phi) is 8.75. The van der Waals surface area contributed by atoms with Gasteiger partial charge < -0.3 is 20.4 Å². The minimum atomic E-state index is -1.26. The van der Waals surface area contributed by atoms with Gasteiger partial charge in [0.25, 0.3) is 0 Å². The van der Waals surface area contributed by atoms with Gasteiger partial charge in [0.2, 0.25) is 0 Å². The lowest BCUT2D eigenvalue weighted by Gasteiger charge is -2.27. The standard InChI is InChI=1S/C18H22N2.C4H4O4/c1-3-8-16(9-4-1)14-19-15-18-12-7-13-20(18)17-10-5-2-6-11-17;5-3(6)1-2-4(7)8/h1-6,8-11,18-19H,7,12-15H2;1-2H,(H,5,6)(H,7,8)/b;2-1+. The molecule has 1 unspecified atom stereocenters. The summed E-state index contributed by atoms with van der Waals surface area (Å²) in [6.45, 7) is 3.20. The molecule has 1 aliphatic rings. The van der Waals surface area contributed by atoms with E-state index in [1.165, 1.54) is 30.6 Å². The highest BCUT2D eigenvalue weighted by molar-refractivity contribution is 5.89. The van der Waals surface area contributed by atoms with Crippen LogP contribution in [0.25, 0.3) is 0 Å². The van der Waals surface area contributed by atoms with E-state index < -0.39 is 11.9 Å². The van der Waals surface area contributed by atoms with E-state index in [4.69, 9.17) is 10.2 Å². The maximum absolute atomic E-state index is 9.55. The van der Waals surface area contributed by atoms with Crippen molar-refractivity contribution in [2.24, 2.45) is 0 Å². The van der Waals surface area contributed by atoms with Crippen molar-refractivity contribution in [3.05, 3.63) is 78.4 Å². The summed E-state index contributed by atoms with van der Waals surface area (Å²) in [5, 5.41) is 19.2. The Bertz CT molecular complexity index is 747. The molecule has 3 N–H and O–H groups in total. The highest BCUT2D eigenvalue weighted by Gasteiger charge is 2.23. The van der Waals surface area contributed by atoms with E-state index in [9.17, 15) is 9.59 Å². The van der Waals surface area contributed by atoms with Crippen LogP contribution in [0.5, 0.6) is 0 Å². The van der Waals surface area contributed by atoms with Gasteiger partial charge in [0.05, 0.1) is 0 Å². The smallest absolute Gasteiger partial charge is 0.328 e. The second kappa shape index (κ2) is 11.6. The first-order valence-electron chi connectivity index (χ1n) is 9.26. The number of anilines is 1. The van der Waals surface area contributed by atoms with Crippen molar-refractivity contribution in [3.8, 4) is 0 Å². The Labute approximate surface area is 165 Å². The number of carboxylic acid groups (broad SMARTS) is 2. The molecule has 0 aliphatic carbocycles. The zero-order valence-electron chi connectivity index (χ0n) is 15.7. The number of nitrogens with one attached hydrogen (secondary N) is 1. The normalized spacial score (nSPS) is 15.9. The van der Waals surface area contributed by atoms with Crippen molar-refractivity contribution in [1.82, 2.24) is 5.32 Å². The van der Waals surface area contributed by atoms with Crippen molar-refractivity contribution >= 4 is 17.6 Å². The van der Waals surface area contributed by atoms with Crippen molar-refractivity contribution in [1.29, 1.82) is 0 Å². The number of benzene rings is 2. The van der Waals surface area contributed by atoms with Gasteiger partial charge in [-0.15, -0.1) is 0 Å². The summed E-state index contributed by atoms with van der Waals surface area (Å²) < 4.78 is 0. The average molecular weight is 382 g/mol. The molecule has 1 heterocycles. The largest absolute Gasteiger partial charge is 0.478 e. The van der Waals surface area contributed by atoms with Crippen molar-refractivity contribution in [2.75, 3.05) is 18.0 Å². The molecule has 6 heteroatoms. The lowest BCUT2D eigenvalue weighted by Crippen LogP contribution is -2.37. The van der Waals surface area contributed by atoms with E-state index in [0.29, 0.717) is 18.2 Å². The van der Waals surface area contributed by atoms with Crippen molar-refractivity contribution < 1.29 is 19.8 Å². The van der Waals surface area contributed by atoms with Crippen LogP contribution in [-0.4, -0.2) is 41.3 Å². The summed E-state index contributed by atoms with van der Waals surface area (Å²) in [6, 6.07) is 22.0. The Balaban J connectivity index is 0.000000300. The summed E-state index contributed by atoms with van der Waals surface area (Å²) in [6.07, 6.45) is 3.70. The molecule has 0 saturated carbocycles. The fourth-order valence-corrected chi connectivity index (χ4v) is 3.13. The molecule has 148 valence electrons. The van der Waals surface area contributed by atoms with Crippen LogP contribution in [-0.2, 0) is 16.1 Å². The second-order valence-corrected chi connectivity index (χ2v) is 6.45. The van der Waals surface area contributed by atoms with Crippen molar-refractivity contribution in [2.45, 2.75) is 25.4 Å². The summed E-state index contributed by atoms with van der Waals surface area (Å²) in [5.41, 5.74) is 2.72. The molecule has 0 radical (unpaired) electrons. The maximum Gasteiger partial charge on any atom is 0.328 e. The SMILES string of the molecule is O=C(O)/C=C/C(=O)O.c1ccc(CNCC2CCCN2c2ccccc2)cc1. The maximum atomic E-state index is 9.55. The van der Waals surface area contributed by atoms with Gasteiger partial charge in [-0.3, -0.25) is 0 Å². The molecule has 0 spiro atoms. The van der Waals surface area contributed by atoms with E-state index in [0.717, 1.165) is 13.1 Å². The van der Waals surface area contributed by atoms with Gasteiger partial charge in [-0.1, -0.05) is 48.5 Å². The predicted molar refractivity (Wildman–Crippen MR) is 109 cm³/mol. The molecule has 0 bridgehead atoms. The number of aliphatic carboxylic acids is 2. The zero-order valence-corrected chi connectivity index (χ0v) is 15.7. The molecule has 28 heavy (non-hydrogen) atoms. The first kappa shape index (κ1) is 21.2. The molecule has 1 aliphatic heterocycles. The van der Waals surface area contributed by atoms with Crippen LogP contribution in [0, 0.1) is 0 Å².